The average Bonchev–Trinajstić information content (AvgIpc) is 3.23. The lowest BCUT2D eigenvalue weighted by Crippen LogP contribution is -2.19. The monoisotopic (exact) mass is 446 g/mol. The van der Waals surface area contributed by atoms with Gasteiger partial charge in [-0.15, -0.1) is 0 Å². The Morgan fingerprint density at radius 1 is 1.35 bits per heavy atom. The molecule has 166 valence electrons. The van der Waals surface area contributed by atoms with Crippen molar-refractivity contribution in [2.45, 2.75) is 32.2 Å². The van der Waals surface area contributed by atoms with E-state index in [1.165, 1.54) is 12.3 Å². The third-order valence-corrected chi connectivity index (χ3v) is 5.60. The first-order valence-electron chi connectivity index (χ1n) is 9.99. The summed E-state index contributed by atoms with van der Waals surface area (Å²) in [6.45, 7) is 3.63. The van der Waals surface area contributed by atoms with Gasteiger partial charge in [0.25, 0.3) is 5.91 Å². The third-order valence-electron chi connectivity index (χ3n) is 4.68. The number of aromatic nitrogens is 3. The Morgan fingerprint density at radius 2 is 2.16 bits per heavy atom. The van der Waals surface area contributed by atoms with Gasteiger partial charge in [-0.05, 0) is 38.3 Å². The summed E-state index contributed by atoms with van der Waals surface area (Å²) in [5, 5.41) is 7.24. The summed E-state index contributed by atoms with van der Waals surface area (Å²) in [5.41, 5.74) is 13.4. The summed E-state index contributed by atoms with van der Waals surface area (Å²) in [4.78, 5) is 16.5. The Balaban J connectivity index is 0.000000287. The fourth-order valence-corrected chi connectivity index (χ4v) is 3.86. The van der Waals surface area contributed by atoms with Crippen LogP contribution in [0, 0.1) is 12.7 Å². The van der Waals surface area contributed by atoms with Crippen LogP contribution in [0.5, 0.6) is 0 Å². The van der Waals surface area contributed by atoms with Crippen LogP contribution in [0.1, 0.15) is 35.3 Å². The number of rotatable bonds is 3. The van der Waals surface area contributed by atoms with Crippen molar-refractivity contribution in [2.24, 2.45) is 12.8 Å². The number of amides is 1. The molecule has 1 aliphatic heterocycles. The van der Waals surface area contributed by atoms with Gasteiger partial charge in [0.2, 0.25) is 0 Å². The van der Waals surface area contributed by atoms with Crippen LogP contribution in [0.4, 0.5) is 15.1 Å². The van der Waals surface area contributed by atoms with Gasteiger partial charge in [0.1, 0.15) is 15.8 Å². The molecule has 4 rings (SSSR count). The predicted octanol–water partition coefficient (Wildman–Crippen LogP) is 3.34. The number of nitrogens with zero attached hydrogens (tertiary/aromatic N) is 3. The fraction of sp³-hybridized carbons (Fsp3) is 0.381. The lowest BCUT2D eigenvalue weighted by atomic mass is 10.1. The quantitative estimate of drug-likeness (QED) is 0.567. The number of aryl methyl sites for hydroxylation is 2. The number of benzene rings is 1. The van der Waals surface area contributed by atoms with Crippen molar-refractivity contribution < 1.29 is 13.9 Å². The fourth-order valence-electron chi connectivity index (χ4n) is 3.02. The highest BCUT2D eigenvalue weighted by Gasteiger charge is 2.19. The van der Waals surface area contributed by atoms with Gasteiger partial charge in [-0.3, -0.25) is 9.48 Å². The standard InChI is InChI=1S/C15H14FN5OS.C6H13NO/c1-8-3-4-11(16)10(5-8)15-20-12(13(17)23-15)14(22)19-9-6-18-21(2)7-9;7-6-2-1-4-8-5-3-6/h3-7H,17H2,1-2H3,(H,19,22);6H,1-5,7H2. The molecule has 1 aromatic carbocycles. The normalized spacial score (nSPS) is 16.2. The second-order valence-corrected chi connectivity index (χ2v) is 8.41. The van der Waals surface area contributed by atoms with E-state index < -0.39 is 11.7 Å². The largest absolute Gasteiger partial charge is 0.389 e. The Kier molecular flexibility index (Phi) is 7.72. The number of nitrogen functional groups attached to an aromatic ring is 1. The number of anilines is 2. The zero-order valence-corrected chi connectivity index (χ0v) is 18.4. The molecule has 1 aliphatic rings. The van der Waals surface area contributed by atoms with Crippen molar-refractivity contribution in [1.29, 1.82) is 0 Å². The van der Waals surface area contributed by atoms with Gasteiger partial charge >= 0.3 is 0 Å². The zero-order valence-electron chi connectivity index (χ0n) is 17.6. The van der Waals surface area contributed by atoms with E-state index >= 15 is 0 Å². The summed E-state index contributed by atoms with van der Waals surface area (Å²) in [6.07, 6.45) is 6.49. The van der Waals surface area contributed by atoms with Crippen molar-refractivity contribution in [3.05, 3.63) is 47.7 Å². The molecule has 0 saturated carbocycles. The summed E-state index contributed by atoms with van der Waals surface area (Å²) in [6, 6.07) is 5.12. The highest BCUT2D eigenvalue weighted by atomic mass is 32.1. The van der Waals surface area contributed by atoms with E-state index in [-0.39, 0.29) is 10.7 Å². The van der Waals surface area contributed by atoms with E-state index in [2.05, 4.69) is 15.4 Å². The zero-order chi connectivity index (χ0) is 22.4. The molecule has 0 radical (unpaired) electrons. The molecule has 10 heteroatoms. The lowest BCUT2D eigenvalue weighted by Gasteiger charge is -2.02. The second-order valence-electron chi connectivity index (χ2n) is 7.38. The van der Waals surface area contributed by atoms with Crippen LogP contribution in [0.2, 0.25) is 0 Å². The van der Waals surface area contributed by atoms with E-state index in [4.69, 9.17) is 16.2 Å². The minimum Gasteiger partial charge on any atom is -0.389 e. The predicted molar refractivity (Wildman–Crippen MR) is 120 cm³/mol. The number of carbonyl (C=O) groups excluding carboxylic acids is 1. The van der Waals surface area contributed by atoms with Gasteiger partial charge in [-0.1, -0.05) is 23.0 Å². The lowest BCUT2D eigenvalue weighted by molar-refractivity contribution is 0.102. The van der Waals surface area contributed by atoms with Crippen LogP contribution < -0.4 is 16.8 Å². The van der Waals surface area contributed by atoms with Crippen molar-refractivity contribution in [1.82, 2.24) is 14.8 Å². The molecule has 5 N–H and O–H groups in total. The van der Waals surface area contributed by atoms with E-state index in [9.17, 15) is 9.18 Å². The molecular weight excluding hydrogens is 419 g/mol. The van der Waals surface area contributed by atoms with Gasteiger partial charge in [0.05, 0.1) is 11.9 Å². The van der Waals surface area contributed by atoms with E-state index in [1.54, 1.807) is 30.1 Å². The maximum atomic E-state index is 14.0. The smallest absolute Gasteiger partial charge is 0.277 e. The summed E-state index contributed by atoms with van der Waals surface area (Å²) in [7, 11) is 1.74. The highest BCUT2D eigenvalue weighted by molar-refractivity contribution is 7.19. The van der Waals surface area contributed by atoms with Crippen LogP contribution in [0.25, 0.3) is 10.6 Å². The number of nitrogens with two attached hydrogens (primary N) is 2. The van der Waals surface area contributed by atoms with Crippen molar-refractivity contribution in [3.63, 3.8) is 0 Å². The molecule has 0 aliphatic carbocycles. The van der Waals surface area contributed by atoms with Gasteiger partial charge in [0.15, 0.2) is 5.69 Å². The Labute approximate surface area is 184 Å². The van der Waals surface area contributed by atoms with Crippen LogP contribution in [0.15, 0.2) is 30.6 Å². The van der Waals surface area contributed by atoms with Gasteiger partial charge < -0.3 is 21.5 Å². The first-order valence-corrected chi connectivity index (χ1v) is 10.8. The van der Waals surface area contributed by atoms with Gasteiger partial charge in [0, 0.05) is 38.1 Å². The molecule has 1 amide bonds. The van der Waals surface area contributed by atoms with Gasteiger partial charge in [-0.25, -0.2) is 9.37 Å². The summed E-state index contributed by atoms with van der Waals surface area (Å²) < 4.78 is 20.7. The third kappa shape index (κ3) is 6.33. The molecule has 1 saturated heterocycles. The summed E-state index contributed by atoms with van der Waals surface area (Å²) in [5.74, 6) is -0.852. The molecule has 3 aromatic rings. The molecule has 2 aromatic heterocycles. The molecule has 31 heavy (non-hydrogen) atoms. The molecule has 0 bridgehead atoms. The van der Waals surface area contributed by atoms with Crippen molar-refractivity contribution in [3.8, 4) is 10.6 Å². The number of halogens is 1. The minimum absolute atomic E-state index is 0.0785. The second kappa shape index (κ2) is 10.5. The number of hydrogen-bond donors (Lipinski definition) is 3. The minimum atomic E-state index is -0.453. The van der Waals surface area contributed by atoms with Crippen LogP contribution >= 0.6 is 11.3 Å². The number of carbonyl (C=O) groups is 1. The number of thiazole rings is 1. The molecule has 8 nitrogen and oxygen atoms in total. The molecule has 1 unspecified atom stereocenters. The van der Waals surface area contributed by atoms with E-state index in [0.717, 1.165) is 49.4 Å². The van der Waals surface area contributed by atoms with Crippen LogP contribution in [-0.4, -0.2) is 39.9 Å². The van der Waals surface area contributed by atoms with Crippen LogP contribution in [0.3, 0.4) is 0 Å². The Morgan fingerprint density at radius 3 is 2.90 bits per heavy atom. The molecule has 1 atom stereocenters. The summed E-state index contributed by atoms with van der Waals surface area (Å²) >= 11 is 1.08. The Hall–Kier alpha value is -2.82. The van der Waals surface area contributed by atoms with E-state index in [0.29, 0.717) is 22.3 Å². The number of nitrogens with one attached hydrogen (secondary N) is 1. The average molecular weight is 447 g/mol. The first-order chi connectivity index (χ1) is 14.8. The molecule has 0 spiro atoms. The molecular formula is C21H27FN6O2S. The maximum Gasteiger partial charge on any atom is 0.277 e. The van der Waals surface area contributed by atoms with Crippen LogP contribution in [-0.2, 0) is 11.8 Å². The highest BCUT2D eigenvalue weighted by Crippen LogP contribution is 2.32. The molecule has 1 fully saturated rings. The topological polar surface area (TPSA) is 121 Å². The number of hydrogen-bond acceptors (Lipinski definition) is 7. The van der Waals surface area contributed by atoms with Crippen molar-refractivity contribution >= 4 is 27.9 Å². The van der Waals surface area contributed by atoms with Gasteiger partial charge in [-0.2, -0.15) is 5.10 Å². The Bertz CT molecular complexity index is 1030. The first kappa shape index (κ1) is 22.9. The molecule has 3 heterocycles. The SMILES string of the molecule is Cc1ccc(F)c(-c2nc(C(=O)Nc3cnn(C)c3)c(N)s2)c1.NC1CCCOCC1. The number of ether oxygens (including phenoxy) is 1. The van der Waals surface area contributed by atoms with Crippen molar-refractivity contribution in [2.75, 3.05) is 24.3 Å². The van der Waals surface area contributed by atoms with E-state index in [1.807, 2.05) is 6.92 Å². The maximum absolute atomic E-state index is 14.0.